The second-order valence-electron chi connectivity index (χ2n) is 7.61. The standard InChI is InChI=1S/C17H36N2O/c1-5-19(12-13-20)15-17(14-18-16(2,3)4)10-8-6-7-9-11-17/h18,20H,5-15H2,1-4H3. The van der Waals surface area contributed by atoms with E-state index in [4.69, 9.17) is 0 Å². The predicted molar refractivity (Wildman–Crippen MR) is 87.1 cm³/mol. The lowest BCUT2D eigenvalue weighted by molar-refractivity contribution is 0.106. The van der Waals surface area contributed by atoms with Gasteiger partial charge in [-0.15, -0.1) is 0 Å². The van der Waals surface area contributed by atoms with Crippen molar-refractivity contribution in [3.8, 4) is 0 Å². The molecule has 0 bridgehead atoms. The van der Waals surface area contributed by atoms with Gasteiger partial charge in [-0.25, -0.2) is 0 Å². The summed E-state index contributed by atoms with van der Waals surface area (Å²) in [6.45, 7) is 13.3. The molecular formula is C17H36N2O. The van der Waals surface area contributed by atoms with Gasteiger partial charge in [-0.3, -0.25) is 0 Å². The number of nitrogens with one attached hydrogen (secondary N) is 1. The quantitative estimate of drug-likeness (QED) is 0.705. The highest BCUT2D eigenvalue weighted by Crippen LogP contribution is 2.35. The van der Waals surface area contributed by atoms with Crippen molar-refractivity contribution < 1.29 is 5.11 Å². The fraction of sp³-hybridized carbons (Fsp3) is 1.00. The third-order valence-corrected chi connectivity index (χ3v) is 4.58. The molecule has 0 saturated heterocycles. The molecule has 0 spiro atoms. The van der Waals surface area contributed by atoms with Crippen LogP contribution in [0.5, 0.6) is 0 Å². The van der Waals surface area contributed by atoms with Gasteiger partial charge in [0.05, 0.1) is 6.61 Å². The van der Waals surface area contributed by atoms with Crippen LogP contribution < -0.4 is 5.32 Å². The summed E-state index contributed by atoms with van der Waals surface area (Å²) in [5.41, 5.74) is 0.586. The lowest BCUT2D eigenvalue weighted by Gasteiger charge is -2.40. The number of rotatable bonds is 7. The van der Waals surface area contributed by atoms with Crippen molar-refractivity contribution in [2.75, 3.05) is 32.8 Å². The van der Waals surface area contributed by atoms with Gasteiger partial charge in [0.2, 0.25) is 0 Å². The van der Waals surface area contributed by atoms with E-state index in [1.165, 1.54) is 38.5 Å². The van der Waals surface area contributed by atoms with Crippen molar-refractivity contribution in [1.29, 1.82) is 0 Å². The fourth-order valence-corrected chi connectivity index (χ4v) is 3.29. The van der Waals surface area contributed by atoms with Crippen LogP contribution in [0.2, 0.25) is 0 Å². The molecule has 0 atom stereocenters. The van der Waals surface area contributed by atoms with Crippen molar-refractivity contribution >= 4 is 0 Å². The van der Waals surface area contributed by atoms with Crippen LogP contribution >= 0.6 is 0 Å². The van der Waals surface area contributed by atoms with Gasteiger partial charge >= 0.3 is 0 Å². The van der Waals surface area contributed by atoms with E-state index >= 15 is 0 Å². The SMILES string of the molecule is CCN(CCO)CC1(CNC(C)(C)C)CCCCCC1. The van der Waals surface area contributed by atoms with E-state index in [9.17, 15) is 5.11 Å². The smallest absolute Gasteiger partial charge is 0.0558 e. The van der Waals surface area contributed by atoms with Gasteiger partial charge in [-0.05, 0) is 45.6 Å². The molecule has 0 heterocycles. The van der Waals surface area contributed by atoms with E-state index in [-0.39, 0.29) is 12.1 Å². The molecule has 0 aromatic rings. The second-order valence-corrected chi connectivity index (χ2v) is 7.61. The van der Waals surface area contributed by atoms with Crippen molar-refractivity contribution in [3.05, 3.63) is 0 Å². The van der Waals surface area contributed by atoms with Gasteiger partial charge in [0.1, 0.15) is 0 Å². The maximum atomic E-state index is 9.24. The van der Waals surface area contributed by atoms with E-state index < -0.39 is 0 Å². The largest absolute Gasteiger partial charge is 0.395 e. The van der Waals surface area contributed by atoms with Crippen molar-refractivity contribution in [3.63, 3.8) is 0 Å². The number of hydrogen-bond acceptors (Lipinski definition) is 3. The van der Waals surface area contributed by atoms with Crippen molar-refractivity contribution in [2.24, 2.45) is 5.41 Å². The molecule has 1 fully saturated rings. The van der Waals surface area contributed by atoms with Gasteiger partial charge in [-0.1, -0.05) is 32.6 Å². The summed E-state index contributed by atoms with van der Waals surface area (Å²) in [6.07, 6.45) is 8.17. The van der Waals surface area contributed by atoms with Crippen molar-refractivity contribution in [2.45, 2.75) is 71.8 Å². The zero-order valence-corrected chi connectivity index (χ0v) is 14.2. The summed E-state index contributed by atoms with van der Waals surface area (Å²) in [6, 6.07) is 0. The highest BCUT2D eigenvalue weighted by atomic mass is 16.3. The first-order valence-corrected chi connectivity index (χ1v) is 8.49. The molecule has 1 saturated carbocycles. The highest BCUT2D eigenvalue weighted by molar-refractivity contribution is 4.89. The molecule has 0 aliphatic heterocycles. The van der Waals surface area contributed by atoms with Crippen LogP contribution in [0.15, 0.2) is 0 Å². The highest BCUT2D eigenvalue weighted by Gasteiger charge is 2.33. The average molecular weight is 284 g/mol. The predicted octanol–water partition coefficient (Wildman–Crippen LogP) is 3.03. The number of hydrogen-bond donors (Lipinski definition) is 2. The Morgan fingerprint density at radius 2 is 1.70 bits per heavy atom. The zero-order chi connectivity index (χ0) is 15.1. The molecule has 120 valence electrons. The lowest BCUT2D eigenvalue weighted by atomic mass is 9.79. The summed E-state index contributed by atoms with van der Waals surface area (Å²) in [5.74, 6) is 0. The molecule has 0 amide bonds. The molecule has 1 rings (SSSR count). The lowest BCUT2D eigenvalue weighted by Crippen LogP contribution is -2.49. The Labute approximate surface area is 126 Å². The topological polar surface area (TPSA) is 35.5 Å². The Bertz CT molecular complexity index is 252. The molecule has 2 N–H and O–H groups in total. The van der Waals surface area contributed by atoms with Gasteiger partial charge in [-0.2, -0.15) is 0 Å². The number of nitrogens with zero attached hydrogens (tertiary/aromatic N) is 1. The summed E-state index contributed by atoms with van der Waals surface area (Å²) in [4.78, 5) is 2.43. The summed E-state index contributed by atoms with van der Waals surface area (Å²) >= 11 is 0. The Hall–Kier alpha value is -0.120. The second kappa shape index (κ2) is 8.35. The normalized spacial score (nSPS) is 20.1. The first-order chi connectivity index (χ1) is 9.41. The number of aliphatic hydroxyl groups is 1. The summed E-state index contributed by atoms with van der Waals surface area (Å²) in [5, 5.41) is 13.0. The molecular weight excluding hydrogens is 248 g/mol. The van der Waals surface area contributed by atoms with Crippen LogP contribution in [0.4, 0.5) is 0 Å². The van der Waals surface area contributed by atoms with Crippen LogP contribution in [0.25, 0.3) is 0 Å². The minimum absolute atomic E-state index is 0.188. The number of likely N-dealkylation sites (N-methyl/N-ethyl adjacent to an activating group) is 1. The Morgan fingerprint density at radius 1 is 1.10 bits per heavy atom. The van der Waals surface area contributed by atoms with Crippen LogP contribution in [-0.4, -0.2) is 48.3 Å². The molecule has 1 aliphatic carbocycles. The maximum absolute atomic E-state index is 9.24. The van der Waals surface area contributed by atoms with Crippen molar-refractivity contribution in [1.82, 2.24) is 10.2 Å². The number of aliphatic hydroxyl groups excluding tert-OH is 1. The van der Waals surface area contributed by atoms with Gasteiger partial charge in [0, 0.05) is 25.2 Å². The molecule has 3 nitrogen and oxygen atoms in total. The molecule has 0 radical (unpaired) electrons. The maximum Gasteiger partial charge on any atom is 0.0558 e. The Morgan fingerprint density at radius 3 is 2.15 bits per heavy atom. The van der Waals surface area contributed by atoms with Crippen LogP contribution in [0.1, 0.15) is 66.2 Å². The van der Waals surface area contributed by atoms with Crippen LogP contribution in [0, 0.1) is 5.41 Å². The Balaban J connectivity index is 2.71. The first kappa shape index (κ1) is 17.9. The molecule has 0 aromatic carbocycles. The summed E-state index contributed by atoms with van der Waals surface area (Å²) < 4.78 is 0. The van der Waals surface area contributed by atoms with E-state index in [0.29, 0.717) is 5.41 Å². The molecule has 0 unspecified atom stereocenters. The van der Waals surface area contributed by atoms with E-state index in [2.05, 4.69) is 37.9 Å². The van der Waals surface area contributed by atoms with E-state index in [1.807, 2.05) is 0 Å². The van der Waals surface area contributed by atoms with E-state index in [0.717, 1.165) is 26.2 Å². The van der Waals surface area contributed by atoms with Crippen LogP contribution in [-0.2, 0) is 0 Å². The molecule has 0 aromatic heterocycles. The molecule has 20 heavy (non-hydrogen) atoms. The van der Waals surface area contributed by atoms with Gasteiger partial charge in [0.25, 0.3) is 0 Å². The van der Waals surface area contributed by atoms with Gasteiger partial charge < -0.3 is 15.3 Å². The zero-order valence-electron chi connectivity index (χ0n) is 14.2. The first-order valence-electron chi connectivity index (χ1n) is 8.49. The van der Waals surface area contributed by atoms with Gasteiger partial charge in [0.15, 0.2) is 0 Å². The average Bonchev–Trinajstić information content (AvgIpc) is 2.61. The monoisotopic (exact) mass is 284 g/mol. The Kier molecular flexibility index (Phi) is 7.49. The third-order valence-electron chi connectivity index (χ3n) is 4.58. The minimum atomic E-state index is 0.188. The minimum Gasteiger partial charge on any atom is -0.395 e. The third kappa shape index (κ3) is 6.55. The fourth-order valence-electron chi connectivity index (χ4n) is 3.29. The molecule has 3 heteroatoms. The van der Waals surface area contributed by atoms with Crippen LogP contribution in [0.3, 0.4) is 0 Å². The molecule has 1 aliphatic rings. The summed E-state index contributed by atoms with van der Waals surface area (Å²) in [7, 11) is 0. The van der Waals surface area contributed by atoms with E-state index in [1.54, 1.807) is 0 Å².